The summed E-state index contributed by atoms with van der Waals surface area (Å²) < 4.78 is 6.30. The lowest BCUT2D eigenvalue weighted by Crippen LogP contribution is -2.33. The molecule has 1 atom stereocenters. The van der Waals surface area contributed by atoms with Crippen LogP contribution in [0.1, 0.15) is 52.0 Å². The van der Waals surface area contributed by atoms with Gasteiger partial charge in [-0.1, -0.05) is 35.0 Å². The monoisotopic (exact) mass is 341 g/mol. The number of ether oxygens (including phenoxy) is 1. The fourth-order valence-electron chi connectivity index (χ4n) is 2.00. The highest BCUT2D eigenvalue weighted by atomic mass is 79.9. The molecule has 1 amide bonds. The normalized spacial score (nSPS) is 12.8. The van der Waals surface area contributed by atoms with Crippen LogP contribution < -0.4 is 5.32 Å². The van der Waals surface area contributed by atoms with E-state index in [4.69, 9.17) is 4.74 Å². The topological polar surface area (TPSA) is 38.3 Å². The van der Waals surface area contributed by atoms with Crippen molar-refractivity contribution in [1.82, 2.24) is 5.32 Å². The summed E-state index contributed by atoms with van der Waals surface area (Å²) >= 11 is 3.44. The van der Waals surface area contributed by atoms with E-state index in [0.29, 0.717) is 12.5 Å². The minimum absolute atomic E-state index is 0.344. The minimum Gasteiger partial charge on any atom is -0.444 e. The second kappa shape index (κ2) is 7.67. The molecule has 0 aliphatic heterocycles. The largest absolute Gasteiger partial charge is 0.444 e. The third kappa shape index (κ3) is 6.42. The van der Waals surface area contributed by atoms with Crippen LogP contribution in [0.4, 0.5) is 4.79 Å². The van der Waals surface area contributed by atoms with Crippen LogP contribution in [0.5, 0.6) is 0 Å². The van der Waals surface area contributed by atoms with Crippen molar-refractivity contribution in [2.75, 3.05) is 6.54 Å². The van der Waals surface area contributed by atoms with E-state index in [-0.39, 0.29) is 6.09 Å². The van der Waals surface area contributed by atoms with Gasteiger partial charge >= 0.3 is 6.09 Å². The number of benzene rings is 1. The molecule has 0 heterocycles. The summed E-state index contributed by atoms with van der Waals surface area (Å²) in [6.07, 6.45) is 1.62. The molecule has 0 saturated heterocycles. The second-order valence-electron chi connectivity index (χ2n) is 5.87. The van der Waals surface area contributed by atoms with Gasteiger partial charge in [-0.25, -0.2) is 4.79 Å². The standard InChI is InChI=1S/C16H24BrNO2/c1-5-12(13-6-8-14(17)9-7-13)10-11-18-15(19)20-16(2,3)4/h6-9,12H,5,10-11H2,1-4H3,(H,18,19). The van der Waals surface area contributed by atoms with E-state index in [1.165, 1.54) is 5.56 Å². The number of rotatable bonds is 5. The first-order valence-corrected chi connectivity index (χ1v) is 7.83. The van der Waals surface area contributed by atoms with Gasteiger partial charge in [-0.3, -0.25) is 0 Å². The Morgan fingerprint density at radius 2 is 1.90 bits per heavy atom. The van der Waals surface area contributed by atoms with Gasteiger partial charge in [-0.05, 0) is 57.2 Å². The number of alkyl carbamates (subject to hydrolysis) is 1. The van der Waals surface area contributed by atoms with Gasteiger partial charge in [0.1, 0.15) is 5.60 Å². The van der Waals surface area contributed by atoms with Gasteiger partial charge in [-0.15, -0.1) is 0 Å². The molecule has 4 heteroatoms. The highest BCUT2D eigenvalue weighted by Gasteiger charge is 2.16. The fraction of sp³-hybridized carbons (Fsp3) is 0.562. The highest BCUT2D eigenvalue weighted by Crippen LogP contribution is 2.24. The summed E-state index contributed by atoms with van der Waals surface area (Å²) in [4.78, 5) is 11.6. The predicted octanol–water partition coefficient (Wildman–Crippen LogP) is 4.86. The van der Waals surface area contributed by atoms with E-state index in [9.17, 15) is 4.79 Å². The molecule has 0 aromatic heterocycles. The van der Waals surface area contributed by atoms with Crippen LogP contribution in [0.3, 0.4) is 0 Å². The number of nitrogens with one attached hydrogen (secondary N) is 1. The van der Waals surface area contributed by atoms with Crippen molar-refractivity contribution >= 4 is 22.0 Å². The third-order valence-corrected chi connectivity index (χ3v) is 3.52. The first-order chi connectivity index (χ1) is 9.31. The number of hydrogen-bond acceptors (Lipinski definition) is 2. The maximum atomic E-state index is 11.6. The van der Waals surface area contributed by atoms with E-state index < -0.39 is 5.60 Å². The van der Waals surface area contributed by atoms with Crippen molar-refractivity contribution in [3.05, 3.63) is 34.3 Å². The maximum absolute atomic E-state index is 11.6. The number of amides is 1. The Bertz CT molecular complexity index is 423. The van der Waals surface area contributed by atoms with Crippen LogP contribution in [0.25, 0.3) is 0 Å². The molecular weight excluding hydrogens is 318 g/mol. The Labute approximate surface area is 130 Å². The van der Waals surface area contributed by atoms with Gasteiger partial charge < -0.3 is 10.1 Å². The van der Waals surface area contributed by atoms with Crippen LogP contribution in [0.2, 0.25) is 0 Å². The molecule has 0 aliphatic carbocycles. The molecule has 112 valence electrons. The minimum atomic E-state index is -0.444. The number of carbonyl (C=O) groups excluding carboxylic acids is 1. The molecule has 1 rings (SSSR count). The quantitative estimate of drug-likeness (QED) is 0.830. The molecule has 0 aliphatic rings. The van der Waals surface area contributed by atoms with Gasteiger partial charge in [0.25, 0.3) is 0 Å². The maximum Gasteiger partial charge on any atom is 0.407 e. The molecule has 3 nitrogen and oxygen atoms in total. The van der Waals surface area contributed by atoms with E-state index in [2.05, 4.69) is 52.4 Å². The van der Waals surface area contributed by atoms with Crippen molar-refractivity contribution in [3.63, 3.8) is 0 Å². The van der Waals surface area contributed by atoms with Gasteiger partial charge in [0, 0.05) is 11.0 Å². The number of hydrogen-bond donors (Lipinski definition) is 1. The average Bonchev–Trinajstić information content (AvgIpc) is 2.34. The lowest BCUT2D eigenvalue weighted by Gasteiger charge is -2.20. The van der Waals surface area contributed by atoms with Crippen molar-refractivity contribution < 1.29 is 9.53 Å². The highest BCUT2D eigenvalue weighted by molar-refractivity contribution is 9.10. The zero-order valence-corrected chi connectivity index (χ0v) is 14.3. The van der Waals surface area contributed by atoms with Crippen LogP contribution in [-0.2, 0) is 4.74 Å². The van der Waals surface area contributed by atoms with E-state index in [1.54, 1.807) is 0 Å². The number of halogens is 1. The van der Waals surface area contributed by atoms with Gasteiger partial charge in [0.05, 0.1) is 0 Å². The molecule has 0 fully saturated rings. The summed E-state index contributed by atoms with van der Waals surface area (Å²) in [7, 11) is 0. The Morgan fingerprint density at radius 3 is 2.40 bits per heavy atom. The lowest BCUT2D eigenvalue weighted by atomic mass is 9.93. The van der Waals surface area contributed by atoms with Crippen LogP contribution in [-0.4, -0.2) is 18.2 Å². The number of carbonyl (C=O) groups is 1. The lowest BCUT2D eigenvalue weighted by molar-refractivity contribution is 0.0526. The SMILES string of the molecule is CCC(CCNC(=O)OC(C)(C)C)c1ccc(Br)cc1. The predicted molar refractivity (Wildman–Crippen MR) is 86.0 cm³/mol. The van der Waals surface area contributed by atoms with Crippen LogP contribution in [0.15, 0.2) is 28.7 Å². The Balaban J connectivity index is 2.42. The summed E-state index contributed by atoms with van der Waals surface area (Å²) in [6.45, 7) is 8.39. The fourth-order valence-corrected chi connectivity index (χ4v) is 2.27. The van der Waals surface area contributed by atoms with E-state index >= 15 is 0 Å². The third-order valence-electron chi connectivity index (χ3n) is 3.00. The summed E-state index contributed by atoms with van der Waals surface area (Å²) in [6, 6.07) is 8.37. The van der Waals surface area contributed by atoms with E-state index in [0.717, 1.165) is 17.3 Å². The molecular formula is C16H24BrNO2. The zero-order valence-electron chi connectivity index (χ0n) is 12.7. The molecule has 1 aromatic rings. The van der Waals surface area contributed by atoms with Crippen LogP contribution in [0, 0.1) is 0 Å². The average molecular weight is 342 g/mol. The smallest absolute Gasteiger partial charge is 0.407 e. The molecule has 1 unspecified atom stereocenters. The van der Waals surface area contributed by atoms with Gasteiger partial charge in [0.15, 0.2) is 0 Å². The molecule has 20 heavy (non-hydrogen) atoms. The second-order valence-corrected chi connectivity index (χ2v) is 6.79. The Kier molecular flexibility index (Phi) is 6.53. The van der Waals surface area contributed by atoms with E-state index in [1.807, 2.05) is 20.8 Å². The van der Waals surface area contributed by atoms with Crippen molar-refractivity contribution in [2.24, 2.45) is 0 Å². The first-order valence-electron chi connectivity index (χ1n) is 7.04. The molecule has 0 bridgehead atoms. The van der Waals surface area contributed by atoms with Crippen molar-refractivity contribution in [1.29, 1.82) is 0 Å². The molecule has 1 N–H and O–H groups in total. The molecule has 0 radical (unpaired) electrons. The summed E-state index contributed by atoms with van der Waals surface area (Å²) in [5.74, 6) is 0.457. The van der Waals surface area contributed by atoms with Crippen molar-refractivity contribution in [3.8, 4) is 0 Å². The molecule has 0 spiro atoms. The zero-order chi connectivity index (χ0) is 15.2. The molecule has 0 saturated carbocycles. The first kappa shape index (κ1) is 17.0. The summed E-state index contributed by atoms with van der Waals surface area (Å²) in [5, 5.41) is 2.81. The van der Waals surface area contributed by atoms with Gasteiger partial charge in [-0.2, -0.15) is 0 Å². The van der Waals surface area contributed by atoms with Crippen LogP contribution >= 0.6 is 15.9 Å². The van der Waals surface area contributed by atoms with Crippen molar-refractivity contribution in [2.45, 2.75) is 52.1 Å². The summed E-state index contributed by atoms with van der Waals surface area (Å²) in [5.41, 5.74) is 0.863. The Morgan fingerprint density at radius 1 is 1.30 bits per heavy atom. The molecule has 1 aromatic carbocycles. The van der Waals surface area contributed by atoms with Gasteiger partial charge in [0.2, 0.25) is 0 Å². The Hall–Kier alpha value is -1.03.